The van der Waals surface area contributed by atoms with Gasteiger partial charge in [-0.1, -0.05) is 19.8 Å². The molecule has 1 saturated carbocycles. The molecule has 0 bridgehead atoms. The minimum Gasteiger partial charge on any atom is -0.369 e. The highest BCUT2D eigenvalue weighted by molar-refractivity contribution is 9.10. The number of aromatic nitrogens is 1. The van der Waals surface area contributed by atoms with Crippen molar-refractivity contribution in [1.29, 1.82) is 0 Å². The van der Waals surface area contributed by atoms with E-state index in [0.717, 1.165) is 16.8 Å². The lowest BCUT2D eigenvalue weighted by atomic mass is 9.89. The molecule has 1 N–H and O–H groups in total. The van der Waals surface area contributed by atoms with Crippen molar-refractivity contribution >= 4 is 21.7 Å². The summed E-state index contributed by atoms with van der Waals surface area (Å²) in [5.74, 6) is 0.971. The van der Waals surface area contributed by atoms with Crippen LogP contribution < -0.4 is 5.32 Å². The highest BCUT2D eigenvalue weighted by atomic mass is 79.9. The third-order valence-corrected chi connectivity index (χ3v) is 4.08. The predicted molar refractivity (Wildman–Crippen MR) is 71.7 cm³/mol. The molecule has 2 rings (SSSR count). The Kier molecular flexibility index (Phi) is 3.53. The van der Waals surface area contributed by atoms with E-state index in [1.54, 1.807) is 0 Å². The fraction of sp³-hybridized carbons (Fsp3) is 0.615. The quantitative estimate of drug-likeness (QED) is 0.901. The second kappa shape index (κ2) is 4.74. The molecule has 1 aliphatic carbocycles. The number of pyridine rings is 1. The van der Waals surface area contributed by atoms with Gasteiger partial charge < -0.3 is 5.32 Å². The lowest BCUT2D eigenvalue weighted by molar-refractivity contribution is 0.361. The summed E-state index contributed by atoms with van der Waals surface area (Å²) in [4.78, 5) is 4.41. The highest BCUT2D eigenvalue weighted by Gasteiger charge is 2.28. The normalized spacial score (nSPS) is 18.7. The number of nitrogens with zero attached hydrogens (tertiary/aromatic N) is 1. The molecular weight excluding hydrogens is 264 g/mol. The summed E-state index contributed by atoms with van der Waals surface area (Å²) in [6.45, 7) is 5.45. The first-order chi connectivity index (χ1) is 7.59. The first-order valence-electron chi connectivity index (χ1n) is 5.95. The number of halogens is 1. The average molecular weight is 283 g/mol. The molecule has 0 amide bonds. The molecule has 0 saturated heterocycles. The zero-order valence-corrected chi connectivity index (χ0v) is 11.6. The highest BCUT2D eigenvalue weighted by Crippen LogP contribution is 2.37. The van der Waals surface area contributed by atoms with Crippen LogP contribution in [-0.2, 0) is 0 Å². The van der Waals surface area contributed by atoms with Gasteiger partial charge in [0.15, 0.2) is 0 Å². The summed E-state index contributed by atoms with van der Waals surface area (Å²) < 4.78 is 1.06. The fourth-order valence-corrected chi connectivity index (χ4v) is 2.97. The van der Waals surface area contributed by atoms with Crippen LogP contribution in [0, 0.1) is 12.3 Å². The third-order valence-electron chi connectivity index (χ3n) is 3.47. The summed E-state index contributed by atoms with van der Waals surface area (Å²) in [6, 6.07) is 2.10. The van der Waals surface area contributed by atoms with Crippen molar-refractivity contribution in [1.82, 2.24) is 4.98 Å². The van der Waals surface area contributed by atoms with Crippen molar-refractivity contribution in [2.45, 2.75) is 39.5 Å². The molecule has 2 nitrogen and oxygen atoms in total. The van der Waals surface area contributed by atoms with Crippen LogP contribution in [0.15, 0.2) is 16.7 Å². The van der Waals surface area contributed by atoms with E-state index in [-0.39, 0.29) is 0 Å². The van der Waals surface area contributed by atoms with Crippen LogP contribution in [0.4, 0.5) is 5.82 Å². The van der Waals surface area contributed by atoms with E-state index >= 15 is 0 Å². The van der Waals surface area contributed by atoms with Crippen molar-refractivity contribution in [2.24, 2.45) is 5.41 Å². The number of aryl methyl sites for hydroxylation is 1. The molecule has 0 aliphatic heterocycles. The SMILES string of the molecule is Cc1cnc(NCC2(C)CCCC2)c(Br)c1. The Bertz CT molecular complexity index is 370. The van der Waals surface area contributed by atoms with Gasteiger partial charge in [-0.15, -0.1) is 0 Å². The van der Waals surface area contributed by atoms with Crippen LogP contribution in [0.3, 0.4) is 0 Å². The Balaban J connectivity index is 1.99. The largest absolute Gasteiger partial charge is 0.369 e. The molecule has 0 atom stereocenters. The third kappa shape index (κ3) is 2.76. The van der Waals surface area contributed by atoms with Gasteiger partial charge in [0.1, 0.15) is 5.82 Å². The molecule has 1 heterocycles. The van der Waals surface area contributed by atoms with E-state index in [1.807, 2.05) is 6.20 Å². The van der Waals surface area contributed by atoms with Gasteiger partial charge in [-0.05, 0) is 52.7 Å². The monoisotopic (exact) mass is 282 g/mol. The lowest BCUT2D eigenvalue weighted by Crippen LogP contribution is -2.23. The Labute approximate surface area is 106 Å². The molecule has 88 valence electrons. The van der Waals surface area contributed by atoms with Gasteiger partial charge in [0, 0.05) is 12.7 Å². The van der Waals surface area contributed by atoms with Crippen LogP contribution in [0.25, 0.3) is 0 Å². The van der Waals surface area contributed by atoms with Gasteiger partial charge in [-0.2, -0.15) is 0 Å². The maximum Gasteiger partial charge on any atom is 0.140 e. The van der Waals surface area contributed by atoms with Crippen molar-refractivity contribution < 1.29 is 0 Å². The predicted octanol–water partition coefficient (Wildman–Crippen LogP) is 4.14. The number of hydrogen-bond acceptors (Lipinski definition) is 2. The molecule has 1 aromatic rings. The second-order valence-corrected chi connectivity index (χ2v) is 6.07. The summed E-state index contributed by atoms with van der Waals surface area (Å²) in [6.07, 6.45) is 7.33. The standard InChI is InChI=1S/C13H19BrN2/c1-10-7-11(14)12(15-8-10)16-9-13(2)5-3-4-6-13/h7-8H,3-6,9H2,1-2H3,(H,15,16). The van der Waals surface area contributed by atoms with Crippen molar-refractivity contribution in [3.63, 3.8) is 0 Å². The maximum absolute atomic E-state index is 4.41. The van der Waals surface area contributed by atoms with Crippen LogP contribution in [0.5, 0.6) is 0 Å². The lowest BCUT2D eigenvalue weighted by Gasteiger charge is -2.24. The number of hydrogen-bond donors (Lipinski definition) is 1. The van der Waals surface area contributed by atoms with Gasteiger partial charge in [-0.3, -0.25) is 0 Å². The molecule has 1 fully saturated rings. The van der Waals surface area contributed by atoms with E-state index in [1.165, 1.54) is 31.2 Å². The number of anilines is 1. The number of rotatable bonds is 3. The summed E-state index contributed by atoms with van der Waals surface area (Å²) in [5, 5.41) is 3.46. The van der Waals surface area contributed by atoms with E-state index in [9.17, 15) is 0 Å². The average Bonchev–Trinajstić information content (AvgIpc) is 2.64. The van der Waals surface area contributed by atoms with Gasteiger partial charge in [0.2, 0.25) is 0 Å². The molecule has 3 heteroatoms. The van der Waals surface area contributed by atoms with Crippen LogP contribution in [0.2, 0.25) is 0 Å². The molecule has 16 heavy (non-hydrogen) atoms. The first kappa shape index (κ1) is 11.9. The van der Waals surface area contributed by atoms with Gasteiger partial charge in [-0.25, -0.2) is 4.98 Å². The molecule has 0 unspecified atom stereocenters. The van der Waals surface area contributed by atoms with E-state index in [2.05, 4.69) is 46.1 Å². The Morgan fingerprint density at radius 1 is 1.44 bits per heavy atom. The minimum absolute atomic E-state index is 0.464. The molecule has 0 aromatic carbocycles. The van der Waals surface area contributed by atoms with E-state index < -0.39 is 0 Å². The maximum atomic E-state index is 4.41. The van der Waals surface area contributed by atoms with Crippen molar-refractivity contribution in [3.8, 4) is 0 Å². The Morgan fingerprint density at radius 2 is 2.12 bits per heavy atom. The molecular formula is C13H19BrN2. The summed E-state index contributed by atoms with van der Waals surface area (Å²) in [7, 11) is 0. The van der Waals surface area contributed by atoms with Gasteiger partial charge in [0.25, 0.3) is 0 Å². The summed E-state index contributed by atoms with van der Waals surface area (Å²) >= 11 is 3.55. The fourth-order valence-electron chi connectivity index (χ4n) is 2.37. The zero-order valence-electron chi connectivity index (χ0n) is 10.0. The van der Waals surface area contributed by atoms with E-state index in [0.29, 0.717) is 5.41 Å². The Hall–Kier alpha value is -0.570. The van der Waals surface area contributed by atoms with Gasteiger partial charge >= 0.3 is 0 Å². The summed E-state index contributed by atoms with van der Waals surface area (Å²) in [5.41, 5.74) is 1.65. The van der Waals surface area contributed by atoms with Crippen LogP contribution >= 0.6 is 15.9 Å². The van der Waals surface area contributed by atoms with Gasteiger partial charge in [0.05, 0.1) is 4.47 Å². The van der Waals surface area contributed by atoms with Crippen molar-refractivity contribution in [2.75, 3.05) is 11.9 Å². The smallest absolute Gasteiger partial charge is 0.140 e. The van der Waals surface area contributed by atoms with E-state index in [4.69, 9.17) is 0 Å². The minimum atomic E-state index is 0.464. The topological polar surface area (TPSA) is 24.9 Å². The number of nitrogens with one attached hydrogen (secondary N) is 1. The van der Waals surface area contributed by atoms with Crippen LogP contribution in [0.1, 0.15) is 38.2 Å². The molecule has 0 radical (unpaired) electrons. The molecule has 1 aliphatic rings. The van der Waals surface area contributed by atoms with Crippen LogP contribution in [-0.4, -0.2) is 11.5 Å². The Morgan fingerprint density at radius 3 is 2.75 bits per heavy atom. The second-order valence-electron chi connectivity index (χ2n) is 5.21. The molecule has 0 spiro atoms. The van der Waals surface area contributed by atoms with Crippen molar-refractivity contribution in [3.05, 3.63) is 22.3 Å². The zero-order chi connectivity index (χ0) is 11.6. The first-order valence-corrected chi connectivity index (χ1v) is 6.74. The molecule has 1 aromatic heterocycles.